The quantitative estimate of drug-likeness (QED) is 0.430. The van der Waals surface area contributed by atoms with Gasteiger partial charge >= 0.3 is 15.2 Å². The Hall–Kier alpha value is 0.220. The third-order valence-corrected chi connectivity index (χ3v) is 5.93. The minimum atomic E-state index is -3.46. The predicted octanol–water partition coefficient (Wildman–Crippen LogP) is 3.12. The van der Waals surface area contributed by atoms with Crippen molar-refractivity contribution >= 4 is 15.2 Å². The topological polar surface area (TPSA) is 94.5 Å². The standard InChI is InChI=1S/C10H25NO7P2/c1-5-15-19(13,16-6-2)9-11(12)10-20(14,17-7-3)18-8-4/h12H,5-10H2,1-4H3. The lowest BCUT2D eigenvalue weighted by molar-refractivity contribution is -0.0668. The van der Waals surface area contributed by atoms with E-state index < -0.39 is 27.8 Å². The summed E-state index contributed by atoms with van der Waals surface area (Å²) in [6, 6.07) is 0. The normalized spacial score (nSPS) is 13.1. The average molecular weight is 333 g/mol. The van der Waals surface area contributed by atoms with Gasteiger partial charge in [0.1, 0.15) is 12.6 Å². The van der Waals surface area contributed by atoms with E-state index in [0.29, 0.717) is 5.06 Å². The Labute approximate surface area is 120 Å². The van der Waals surface area contributed by atoms with Crippen LogP contribution in [0.2, 0.25) is 0 Å². The second-order valence-corrected chi connectivity index (χ2v) is 7.72. The van der Waals surface area contributed by atoms with E-state index in [1.807, 2.05) is 0 Å². The van der Waals surface area contributed by atoms with E-state index in [2.05, 4.69) is 0 Å². The van der Waals surface area contributed by atoms with Crippen LogP contribution in [0.15, 0.2) is 0 Å². The van der Waals surface area contributed by atoms with Crippen molar-refractivity contribution in [3.8, 4) is 0 Å². The smallest absolute Gasteiger partial charge is 0.313 e. The molecule has 0 aliphatic heterocycles. The average Bonchev–Trinajstić information content (AvgIpc) is 2.28. The lowest BCUT2D eigenvalue weighted by Gasteiger charge is -2.25. The van der Waals surface area contributed by atoms with Gasteiger partial charge < -0.3 is 23.3 Å². The summed E-state index contributed by atoms with van der Waals surface area (Å²) in [7, 11) is -6.91. The highest BCUT2D eigenvalue weighted by atomic mass is 31.2. The van der Waals surface area contributed by atoms with Gasteiger partial charge in [-0.3, -0.25) is 9.13 Å². The summed E-state index contributed by atoms with van der Waals surface area (Å²) in [5.74, 6) is 0. The van der Waals surface area contributed by atoms with Crippen molar-refractivity contribution < 1.29 is 32.4 Å². The van der Waals surface area contributed by atoms with E-state index in [1.54, 1.807) is 27.7 Å². The predicted molar refractivity (Wildman–Crippen MR) is 75.1 cm³/mol. The molecule has 0 aromatic rings. The van der Waals surface area contributed by atoms with Gasteiger partial charge in [-0.25, -0.2) is 0 Å². The summed E-state index contributed by atoms with van der Waals surface area (Å²) in [5.41, 5.74) is 0. The Morgan fingerprint density at radius 1 is 0.750 bits per heavy atom. The van der Waals surface area contributed by atoms with Gasteiger partial charge in [0.05, 0.1) is 26.4 Å². The molecule has 0 amide bonds. The van der Waals surface area contributed by atoms with Crippen molar-refractivity contribution in [2.75, 3.05) is 39.0 Å². The molecule has 0 saturated heterocycles. The maximum Gasteiger partial charge on any atom is 0.346 e. The first kappa shape index (κ1) is 20.2. The zero-order valence-corrected chi connectivity index (χ0v) is 14.3. The molecule has 1 N–H and O–H groups in total. The number of hydrogen-bond donors (Lipinski definition) is 1. The highest BCUT2D eigenvalue weighted by Gasteiger charge is 2.32. The fourth-order valence-electron chi connectivity index (χ4n) is 1.47. The molecular weight excluding hydrogens is 308 g/mol. The van der Waals surface area contributed by atoms with Crippen LogP contribution in [0.1, 0.15) is 27.7 Å². The van der Waals surface area contributed by atoms with Crippen molar-refractivity contribution in [3.63, 3.8) is 0 Å². The highest BCUT2D eigenvalue weighted by molar-refractivity contribution is 7.54. The molecule has 0 atom stereocenters. The lowest BCUT2D eigenvalue weighted by Crippen LogP contribution is -2.24. The van der Waals surface area contributed by atoms with Crippen molar-refractivity contribution in [1.29, 1.82) is 0 Å². The second kappa shape index (κ2) is 10.0. The maximum absolute atomic E-state index is 12.2. The molecule has 0 aromatic carbocycles. The molecule has 20 heavy (non-hydrogen) atoms. The van der Waals surface area contributed by atoms with E-state index in [9.17, 15) is 14.3 Å². The van der Waals surface area contributed by atoms with Crippen LogP contribution >= 0.6 is 15.2 Å². The molecule has 10 heteroatoms. The number of hydroxylamine groups is 2. The molecule has 0 fully saturated rings. The number of rotatable bonds is 12. The second-order valence-electron chi connectivity index (χ2n) is 3.68. The van der Waals surface area contributed by atoms with Crippen LogP contribution in [0.3, 0.4) is 0 Å². The zero-order chi connectivity index (χ0) is 15.6. The Bertz CT molecular complexity index is 300. The van der Waals surface area contributed by atoms with E-state index in [1.165, 1.54) is 0 Å². The van der Waals surface area contributed by atoms with Crippen LogP contribution in [-0.4, -0.2) is 49.3 Å². The van der Waals surface area contributed by atoms with Gasteiger partial charge in [0, 0.05) is 0 Å². The molecule has 0 aliphatic rings. The molecule has 8 nitrogen and oxygen atoms in total. The first-order valence-electron chi connectivity index (χ1n) is 6.54. The van der Waals surface area contributed by atoms with Crippen molar-refractivity contribution in [1.82, 2.24) is 5.06 Å². The fraction of sp³-hybridized carbons (Fsp3) is 1.00. The van der Waals surface area contributed by atoms with E-state index in [-0.39, 0.29) is 26.4 Å². The van der Waals surface area contributed by atoms with Crippen molar-refractivity contribution in [2.45, 2.75) is 27.7 Å². The highest BCUT2D eigenvalue weighted by Crippen LogP contribution is 2.52. The van der Waals surface area contributed by atoms with Crippen LogP contribution in [0.5, 0.6) is 0 Å². The molecule has 0 bridgehead atoms. The molecule has 0 aliphatic carbocycles. The first-order valence-corrected chi connectivity index (χ1v) is 10.00. The minimum absolute atomic E-state index is 0.180. The summed E-state index contributed by atoms with van der Waals surface area (Å²) in [6.07, 6.45) is -0.808. The lowest BCUT2D eigenvalue weighted by atomic mass is 10.9. The van der Waals surface area contributed by atoms with Crippen molar-refractivity contribution in [2.24, 2.45) is 0 Å². The molecule has 0 spiro atoms. The summed E-state index contributed by atoms with van der Waals surface area (Å²) in [5, 5.41) is 10.4. The van der Waals surface area contributed by atoms with Crippen LogP contribution in [0, 0.1) is 0 Å². The summed E-state index contributed by atoms with van der Waals surface area (Å²) in [4.78, 5) is 0. The van der Waals surface area contributed by atoms with Gasteiger partial charge in [0.25, 0.3) is 0 Å². The van der Waals surface area contributed by atoms with E-state index in [4.69, 9.17) is 18.1 Å². The molecule has 0 unspecified atom stereocenters. The molecule has 0 radical (unpaired) electrons. The van der Waals surface area contributed by atoms with E-state index >= 15 is 0 Å². The van der Waals surface area contributed by atoms with Crippen LogP contribution in [0.4, 0.5) is 0 Å². The first-order chi connectivity index (χ1) is 9.34. The Morgan fingerprint density at radius 3 is 1.20 bits per heavy atom. The molecule has 122 valence electrons. The minimum Gasteiger partial charge on any atom is -0.313 e. The van der Waals surface area contributed by atoms with Gasteiger partial charge in [-0.1, -0.05) is 0 Å². The van der Waals surface area contributed by atoms with Gasteiger partial charge in [-0.05, 0) is 27.7 Å². The zero-order valence-electron chi connectivity index (χ0n) is 12.5. The Kier molecular flexibility index (Phi) is 10.1. The molecule has 0 heterocycles. The van der Waals surface area contributed by atoms with Crippen molar-refractivity contribution in [3.05, 3.63) is 0 Å². The fourth-order valence-corrected chi connectivity index (χ4v) is 4.68. The SMILES string of the molecule is CCOP(=O)(CN(O)CP(=O)(OCC)OCC)OCC. The summed E-state index contributed by atoms with van der Waals surface area (Å²) >= 11 is 0. The van der Waals surface area contributed by atoms with E-state index in [0.717, 1.165) is 0 Å². The van der Waals surface area contributed by atoms with Crippen LogP contribution in [0.25, 0.3) is 0 Å². The van der Waals surface area contributed by atoms with Gasteiger partial charge in [-0.2, -0.15) is 5.06 Å². The maximum atomic E-state index is 12.2. The monoisotopic (exact) mass is 333 g/mol. The molecule has 0 aromatic heterocycles. The molecule has 0 saturated carbocycles. The third kappa shape index (κ3) is 7.86. The summed E-state index contributed by atoms with van der Waals surface area (Å²) in [6.45, 7) is 7.38. The molecular formula is C10H25NO7P2. The largest absolute Gasteiger partial charge is 0.346 e. The summed E-state index contributed by atoms with van der Waals surface area (Å²) < 4.78 is 44.6. The van der Waals surface area contributed by atoms with Crippen LogP contribution < -0.4 is 0 Å². The van der Waals surface area contributed by atoms with Crippen LogP contribution in [-0.2, 0) is 27.2 Å². The van der Waals surface area contributed by atoms with Gasteiger partial charge in [0.2, 0.25) is 0 Å². The number of nitrogens with zero attached hydrogens (tertiary/aromatic N) is 1. The van der Waals surface area contributed by atoms with Gasteiger partial charge in [-0.15, -0.1) is 0 Å². The Balaban J connectivity index is 4.67. The number of hydrogen-bond acceptors (Lipinski definition) is 8. The van der Waals surface area contributed by atoms with Gasteiger partial charge in [0.15, 0.2) is 0 Å². The molecule has 0 rings (SSSR count). The third-order valence-electron chi connectivity index (χ3n) is 1.98. The Morgan fingerprint density at radius 2 is 1.00 bits per heavy atom.